The monoisotopic (exact) mass is 637 g/mol. The van der Waals surface area contributed by atoms with Crippen LogP contribution in [-0.4, -0.2) is 70.8 Å². The van der Waals surface area contributed by atoms with Gasteiger partial charge < -0.3 is 19.9 Å². The molecule has 44 heavy (non-hydrogen) atoms. The van der Waals surface area contributed by atoms with Crippen molar-refractivity contribution in [1.82, 2.24) is 24.8 Å². The average molecular weight is 638 g/mol. The molecular weight excluding hydrogens is 602 g/mol. The van der Waals surface area contributed by atoms with Crippen LogP contribution in [-0.2, 0) is 21.4 Å². The molecule has 5 aromatic rings. The predicted molar refractivity (Wildman–Crippen MR) is 175 cm³/mol. The number of thiazole rings is 1. The van der Waals surface area contributed by atoms with E-state index in [-0.39, 0.29) is 23.7 Å². The van der Waals surface area contributed by atoms with E-state index in [0.717, 1.165) is 64.8 Å². The predicted octanol–water partition coefficient (Wildman–Crippen LogP) is 5.56. The van der Waals surface area contributed by atoms with E-state index < -0.39 is 6.03 Å². The number of morpholine rings is 1. The van der Waals surface area contributed by atoms with Gasteiger partial charge in [-0.3, -0.25) is 19.4 Å². The SMILES string of the molecule is CC(C)(C)c1cc(NC(=O)Nc2ccc(-c3cn4c(n3)sc3cc(CC(=O)NCCN5CCOCC5)ccc34)cc2)no1.Cl. The Labute approximate surface area is 265 Å². The molecule has 3 aromatic heterocycles. The van der Waals surface area contributed by atoms with E-state index in [4.69, 9.17) is 14.2 Å². The van der Waals surface area contributed by atoms with E-state index in [1.165, 1.54) is 0 Å². The minimum atomic E-state index is -0.402. The van der Waals surface area contributed by atoms with Crippen LogP contribution in [0.25, 0.3) is 26.4 Å². The Hall–Kier alpha value is -3.97. The van der Waals surface area contributed by atoms with Crippen LogP contribution in [0.2, 0.25) is 0 Å². The number of hydrogen-bond acceptors (Lipinski definition) is 8. The maximum Gasteiger partial charge on any atom is 0.324 e. The number of urea groups is 1. The molecule has 1 fully saturated rings. The highest BCUT2D eigenvalue weighted by molar-refractivity contribution is 7.23. The Morgan fingerprint density at radius 1 is 1.02 bits per heavy atom. The maximum absolute atomic E-state index is 12.5. The van der Waals surface area contributed by atoms with Gasteiger partial charge in [-0.2, -0.15) is 0 Å². The third kappa shape index (κ3) is 7.39. The van der Waals surface area contributed by atoms with Gasteiger partial charge in [0, 0.05) is 55.1 Å². The van der Waals surface area contributed by atoms with Crippen LogP contribution in [0.1, 0.15) is 32.1 Å². The quantitative estimate of drug-likeness (QED) is 0.203. The number of carbonyl (C=O) groups excluding carboxylic acids is 2. The zero-order valence-electron chi connectivity index (χ0n) is 24.9. The number of halogens is 1. The zero-order valence-corrected chi connectivity index (χ0v) is 26.5. The van der Waals surface area contributed by atoms with Crippen molar-refractivity contribution in [2.45, 2.75) is 32.6 Å². The summed E-state index contributed by atoms with van der Waals surface area (Å²) < 4.78 is 13.9. The van der Waals surface area contributed by atoms with Crippen molar-refractivity contribution in [3.63, 3.8) is 0 Å². The second-order valence-corrected chi connectivity index (χ2v) is 12.7. The molecular formula is C31H36ClN7O4S. The molecule has 11 nitrogen and oxygen atoms in total. The second kappa shape index (κ2) is 13.3. The Morgan fingerprint density at radius 2 is 1.80 bits per heavy atom. The summed E-state index contributed by atoms with van der Waals surface area (Å²) in [6, 6.07) is 15.0. The van der Waals surface area contributed by atoms with Crippen LogP contribution < -0.4 is 16.0 Å². The summed E-state index contributed by atoms with van der Waals surface area (Å²) in [6.07, 6.45) is 2.36. The first-order valence-corrected chi connectivity index (χ1v) is 15.2. The number of imidazole rings is 1. The first-order valence-electron chi connectivity index (χ1n) is 14.3. The minimum absolute atomic E-state index is 0. The molecule has 0 aliphatic carbocycles. The fourth-order valence-corrected chi connectivity index (χ4v) is 5.98. The highest BCUT2D eigenvalue weighted by Gasteiger charge is 2.20. The lowest BCUT2D eigenvalue weighted by atomic mass is 9.93. The van der Waals surface area contributed by atoms with Crippen molar-refractivity contribution in [2.24, 2.45) is 0 Å². The number of fused-ring (bicyclic) bond motifs is 3. The number of benzene rings is 2. The third-order valence-electron chi connectivity index (χ3n) is 7.31. The number of carbonyl (C=O) groups is 2. The second-order valence-electron chi connectivity index (χ2n) is 11.6. The van der Waals surface area contributed by atoms with Crippen molar-refractivity contribution in [3.05, 3.63) is 66.1 Å². The fourth-order valence-electron chi connectivity index (χ4n) is 4.91. The molecule has 0 atom stereocenters. The standard InChI is InChI=1S/C31H35N7O4S.ClH/c1-31(2,3)26-18-27(36-42-26)35-29(40)33-22-7-5-21(6-8-22)23-19-38-24-9-4-20(16-25(24)43-30(38)34-23)17-28(39)32-10-11-37-12-14-41-15-13-37;/h4-9,16,18-19H,10-15,17H2,1-3H3,(H,32,39)(H2,33,35,36,40);1H. The van der Waals surface area contributed by atoms with Crippen molar-refractivity contribution in [1.29, 1.82) is 0 Å². The lowest BCUT2D eigenvalue weighted by Gasteiger charge is -2.26. The van der Waals surface area contributed by atoms with Crippen LogP contribution in [0.5, 0.6) is 0 Å². The molecule has 0 saturated carbocycles. The van der Waals surface area contributed by atoms with Gasteiger partial charge in [-0.25, -0.2) is 9.78 Å². The lowest BCUT2D eigenvalue weighted by Crippen LogP contribution is -2.41. The molecule has 0 bridgehead atoms. The summed E-state index contributed by atoms with van der Waals surface area (Å²) in [5, 5.41) is 12.5. The molecule has 0 unspecified atom stereocenters. The molecule has 232 valence electrons. The van der Waals surface area contributed by atoms with Gasteiger partial charge in [0.2, 0.25) is 5.91 Å². The van der Waals surface area contributed by atoms with Crippen LogP contribution in [0.3, 0.4) is 0 Å². The molecule has 1 aliphatic rings. The number of amides is 3. The van der Waals surface area contributed by atoms with Gasteiger partial charge in [0.1, 0.15) is 5.76 Å². The molecule has 3 amide bonds. The summed E-state index contributed by atoms with van der Waals surface area (Å²) in [7, 11) is 0. The number of hydrogen-bond donors (Lipinski definition) is 3. The van der Waals surface area contributed by atoms with Gasteiger partial charge in [0.05, 0.1) is 35.5 Å². The maximum atomic E-state index is 12.5. The number of aromatic nitrogens is 3. The van der Waals surface area contributed by atoms with E-state index in [2.05, 4.69) is 36.5 Å². The molecule has 13 heteroatoms. The van der Waals surface area contributed by atoms with Gasteiger partial charge in [0.25, 0.3) is 0 Å². The van der Waals surface area contributed by atoms with E-state index in [9.17, 15) is 9.59 Å². The van der Waals surface area contributed by atoms with Gasteiger partial charge in [0.15, 0.2) is 10.8 Å². The van der Waals surface area contributed by atoms with Gasteiger partial charge >= 0.3 is 6.03 Å². The number of anilines is 2. The Balaban J connectivity index is 0.00000384. The van der Waals surface area contributed by atoms with E-state index in [1.54, 1.807) is 17.4 Å². The first kappa shape index (κ1) is 31.5. The largest absolute Gasteiger partial charge is 0.379 e. The van der Waals surface area contributed by atoms with Crippen LogP contribution in [0.4, 0.5) is 16.3 Å². The molecule has 1 saturated heterocycles. The Bertz CT molecular complexity index is 1750. The van der Waals surface area contributed by atoms with Crippen molar-refractivity contribution in [3.8, 4) is 11.3 Å². The summed E-state index contributed by atoms with van der Waals surface area (Å²) >= 11 is 1.59. The van der Waals surface area contributed by atoms with Gasteiger partial charge in [-0.1, -0.05) is 55.5 Å². The van der Waals surface area contributed by atoms with Gasteiger partial charge in [-0.05, 0) is 29.8 Å². The molecule has 0 radical (unpaired) electrons. The third-order valence-corrected chi connectivity index (χ3v) is 8.32. The first-order chi connectivity index (χ1) is 20.7. The number of rotatable bonds is 8. The molecule has 2 aromatic carbocycles. The molecule has 1 aliphatic heterocycles. The summed E-state index contributed by atoms with van der Waals surface area (Å²) in [4.78, 5) is 33.0. The van der Waals surface area contributed by atoms with Crippen LogP contribution in [0.15, 0.2) is 59.3 Å². The number of ether oxygens (including phenoxy) is 1. The van der Waals surface area contributed by atoms with E-state index >= 15 is 0 Å². The molecule has 3 N–H and O–H groups in total. The topological polar surface area (TPSA) is 126 Å². The number of nitrogens with one attached hydrogen (secondary N) is 3. The van der Waals surface area contributed by atoms with Crippen LogP contribution in [0, 0.1) is 0 Å². The normalized spacial score (nSPS) is 14.0. The summed E-state index contributed by atoms with van der Waals surface area (Å²) in [6.45, 7) is 10.9. The Kier molecular flexibility index (Phi) is 9.54. The lowest BCUT2D eigenvalue weighted by molar-refractivity contribution is -0.120. The highest BCUT2D eigenvalue weighted by atomic mass is 35.5. The molecule has 4 heterocycles. The fraction of sp³-hybridized carbons (Fsp3) is 0.355. The molecule has 0 spiro atoms. The van der Waals surface area contributed by atoms with E-state index in [0.29, 0.717) is 30.2 Å². The van der Waals surface area contributed by atoms with Crippen molar-refractivity contribution >= 4 is 62.4 Å². The summed E-state index contributed by atoms with van der Waals surface area (Å²) in [5.74, 6) is 1.08. The number of nitrogens with zero attached hydrogens (tertiary/aromatic N) is 4. The zero-order chi connectivity index (χ0) is 30.0. The van der Waals surface area contributed by atoms with Crippen molar-refractivity contribution < 1.29 is 18.8 Å². The summed E-state index contributed by atoms with van der Waals surface area (Å²) in [5.41, 5.74) is 4.25. The van der Waals surface area contributed by atoms with E-state index in [1.807, 2.05) is 63.4 Å². The van der Waals surface area contributed by atoms with Gasteiger partial charge in [-0.15, -0.1) is 12.4 Å². The minimum Gasteiger partial charge on any atom is -0.379 e. The smallest absolute Gasteiger partial charge is 0.324 e. The van der Waals surface area contributed by atoms with Crippen molar-refractivity contribution in [2.75, 3.05) is 50.0 Å². The Morgan fingerprint density at radius 3 is 2.52 bits per heavy atom. The van der Waals surface area contributed by atoms with Crippen LogP contribution >= 0.6 is 23.7 Å². The highest BCUT2D eigenvalue weighted by Crippen LogP contribution is 2.31. The molecule has 6 rings (SSSR count). The average Bonchev–Trinajstić information content (AvgIpc) is 3.69.